The molecular formula is C22H26N2O3. The van der Waals surface area contributed by atoms with Crippen LogP contribution in [0.25, 0.3) is 0 Å². The number of ether oxygens (including phenoxy) is 1. The van der Waals surface area contributed by atoms with E-state index in [0.717, 1.165) is 16.8 Å². The number of methoxy groups -OCH3 is 1. The maximum Gasteiger partial charge on any atom is 0.253 e. The van der Waals surface area contributed by atoms with Crippen molar-refractivity contribution in [3.8, 4) is 0 Å². The molecule has 27 heavy (non-hydrogen) atoms. The molecule has 142 valence electrons. The van der Waals surface area contributed by atoms with Crippen molar-refractivity contribution in [3.05, 3.63) is 77.9 Å². The van der Waals surface area contributed by atoms with E-state index in [9.17, 15) is 9.59 Å². The maximum absolute atomic E-state index is 12.6. The SMILES string of the molecule is C=CCNC(=O)Cc1cccc(N(Cc2ccc(C)cc2)C(=O)COC)c1. The van der Waals surface area contributed by atoms with Gasteiger partial charge in [-0.15, -0.1) is 6.58 Å². The van der Waals surface area contributed by atoms with Gasteiger partial charge < -0.3 is 15.0 Å². The molecule has 5 heteroatoms. The Kier molecular flexibility index (Phi) is 7.77. The second-order valence-electron chi connectivity index (χ2n) is 6.34. The van der Waals surface area contributed by atoms with Crippen LogP contribution in [0.2, 0.25) is 0 Å². The number of nitrogens with zero attached hydrogens (tertiary/aromatic N) is 1. The zero-order valence-corrected chi connectivity index (χ0v) is 15.9. The largest absolute Gasteiger partial charge is 0.375 e. The van der Waals surface area contributed by atoms with Crippen molar-refractivity contribution < 1.29 is 14.3 Å². The van der Waals surface area contributed by atoms with Gasteiger partial charge in [0.05, 0.1) is 13.0 Å². The molecule has 0 saturated carbocycles. The van der Waals surface area contributed by atoms with Gasteiger partial charge in [-0.05, 0) is 30.2 Å². The van der Waals surface area contributed by atoms with Gasteiger partial charge >= 0.3 is 0 Å². The zero-order valence-electron chi connectivity index (χ0n) is 15.9. The van der Waals surface area contributed by atoms with E-state index in [1.54, 1.807) is 11.0 Å². The van der Waals surface area contributed by atoms with Gasteiger partial charge in [0.2, 0.25) is 5.91 Å². The van der Waals surface area contributed by atoms with Crippen molar-refractivity contribution in [2.45, 2.75) is 19.9 Å². The summed E-state index contributed by atoms with van der Waals surface area (Å²) in [7, 11) is 1.50. The van der Waals surface area contributed by atoms with Crippen LogP contribution in [0.15, 0.2) is 61.2 Å². The molecule has 5 nitrogen and oxygen atoms in total. The zero-order chi connectivity index (χ0) is 19.6. The number of aryl methyl sites for hydroxylation is 1. The number of amides is 2. The van der Waals surface area contributed by atoms with E-state index in [1.807, 2.05) is 55.5 Å². The Morgan fingerprint density at radius 2 is 1.89 bits per heavy atom. The lowest BCUT2D eigenvalue weighted by molar-refractivity contribution is -0.122. The third-order valence-electron chi connectivity index (χ3n) is 4.06. The van der Waals surface area contributed by atoms with Gasteiger partial charge in [0.25, 0.3) is 5.91 Å². The van der Waals surface area contributed by atoms with Crippen LogP contribution in [0.1, 0.15) is 16.7 Å². The first-order valence-corrected chi connectivity index (χ1v) is 8.85. The highest BCUT2D eigenvalue weighted by Gasteiger charge is 2.17. The third-order valence-corrected chi connectivity index (χ3v) is 4.06. The van der Waals surface area contributed by atoms with E-state index < -0.39 is 0 Å². The number of carbonyl (C=O) groups is 2. The molecule has 0 saturated heterocycles. The molecule has 2 amide bonds. The fourth-order valence-electron chi connectivity index (χ4n) is 2.67. The van der Waals surface area contributed by atoms with Crippen LogP contribution in [-0.2, 0) is 27.3 Å². The topological polar surface area (TPSA) is 58.6 Å². The molecule has 0 aromatic heterocycles. The van der Waals surface area contributed by atoms with Crippen LogP contribution in [0.5, 0.6) is 0 Å². The summed E-state index contributed by atoms with van der Waals surface area (Å²) in [5, 5.41) is 2.76. The molecule has 0 heterocycles. The molecule has 0 bridgehead atoms. The molecular weight excluding hydrogens is 340 g/mol. The number of anilines is 1. The molecule has 1 N–H and O–H groups in total. The lowest BCUT2D eigenvalue weighted by atomic mass is 10.1. The van der Waals surface area contributed by atoms with Crippen LogP contribution in [0.3, 0.4) is 0 Å². The highest BCUT2D eigenvalue weighted by molar-refractivity contribution is 5.94. The van der Waals surface area contributed by atoms with Gasteiger partial charge in [-0.1, -0.05) is 48.0 Å². The fourth-order valence-corrected chi connectivity index (χ4v) is 2.67. The molecule has 0 aliphatic heterocycles. The number of hydrogen-bond acceptors (Lipinski definition) is 3. The molecule has 0 atom stereocenters. The monoisotopic (exact) mass is 366 g/mol. The van der Waals surface area contributed by atoms with Crippen LogP contribution in [-0.4, -0.2) is 32.1 Å². The Morgan fingerprint density at radius 1 is 1.15 bits per heavy atom. The second kappa shape index (κ2) is 10.3. The minimum atomic E-state index is -0.133. The second-order valence-corrected chi connectivity index (χ2v) is 6.34. The molecule has 0 radical (unpaired) electrons. The van der Waals surface area contributed by atoms with E-state index in [2.05, 4.69) is 11.9 Å². The number of carbonyl (C=O) groups excluding carboxylic acids is 2. The summed E-state index contributed by atoms with van der Waals surface area (Å²) in [5.41, 5.74) is 3.78. The van der Waals surface area contributed by atoms with E-state index in [4.69, 9.17) is 4.74 Å². The van der Waals surface area contributed by atoms with Gasteiger partial charge in [0.15, 0.2) is 0 Å². The molecule has 2 aromatic carbocycles. The summed E-state index contributed by atoms with van der Waals surface area (Å²) in [6.07, 6.45) is 1.89. The summed E-state index contributed by atoms with van der Waals surface area (Å²) >= 11 is 0. The molecule has 0 aliphatic carbocycles. The predicted molar refractivity (Wildman–Crippen MR) is 108 cm³/mol. The lowest BCUT2D eigenvalue weighted by Gasteiger charge is -2.23. The summed E-state index contributed by atoms with van der Waals surface area (Å²) in [6, 6.07) is 15.5. The molecule has 0 spiro atoms. The van der Waals surface area contributed by atoms with Crippen molar-refractivity contribution in [1.82, 2.24) is 5.32 Å². The summed E-state index contributed by atoms with van der Waals surface area (Å²) < 4.78 is 5.04. The molecule has 0 aliphatic rings. The average Bonchev–Trinajstić information content (AvgIpc) is 2.66. The van der Waals surface area contributed by atoms with Crippen molar-refractivity contribution >= 4 is 17.5 Å². The Morgan fingerprint density at radius 3 is 2.56 bits per heavy atom. The number of hydrogen-bond donors (Lipinski definition) is 1. The molecule has 2 aromatic rings. The van der Waals surface area contributed by atoms with Crippen molar-refractivity contribution in [2.24, 2.45) is 0 Å². The van der Waals surface area contributed by atoms with Gasteiger partial charge in [0, 0.05) is 19.3 Å². The standard InChI is InChI=1S/C22H26N2O3/c1-4-12-23-21(25)14-19-6-5-7-20(13-19)24(22(26)16-27-3)15-18-10-8-17(2)9-11-18/h4-11,13H,1,12,14-16H2,2-3H3,(H,23,25). The molecule has 0 fully saturated rings. The van der Waals surface area contributed by atoms with Gasteiger partial charge in [-0.2, -0.15) is 0 Å². The first-order valence-electron chi connectivity index (χ1n) is 8.85. The van der Waals surface area contributed by atoms with Gasteiger partial charge in [-0.3, -0.25) is 9.59 Å². The minimum Gasteiger partial charge on any atom is -0.375 e. The first kappa shape index (κ1) is 20.4. The van der Waals surface area contributed by atoms with Gasteiger partial charge in [0.1, 0.15) is 6.61 Å². The Balaban J connectivity index is 2.22. The number of benzene rings is 2. The van der Waals surface area contributed by atoms with E-state index >= 15 is 0 Å². The van der Waals surface area contributed by atoms with Crippen LogP contribution >= 0.6 is 0 Å². The van der Waals surface area contributed by atoms with Crippen molar-refractivity contribution in [2.75, 3.05) is 25.2 Å². The summed E-state index contributed by atoms with van der Waals surface area (Å²) in [6.45, 7) is 6.48. The molecule has 0 unspecified atom stereocenters. The minimum absolute atomic E-state index is 0.00406. The smallest absolute Gasteiger partial charge is 0.253 e. The Labute approximate surface area is 160 Å². The third kappa shape index (κ3) is 6.38. The summed E-state index contributed by atoms with van der Waals surface area (Å²) in [4.78, 5) is 26.2. The summed E-state index contributed by atoms with van der Waals surface area (Å²) in [5.74, 6) is -0.216. The quantitative estimate of drug-likeness (QED) is 0.694. The maximum atomic E-state index is 12.6. The van der Waals surface area contributed by atoms with Crippen LogP contribution in [0.4, 0.5) is 5.69 Å². The normalized spacial score (nSPS) is 10.3. The fraction of sp³-hybridized carbons (Fsp3) is 0.273. The van der Waals surface area contributed by atoms with Gasteiger partial charge in [-0.25, -0.2) is 0 Å². The first-order chi connectivity index (χ1) is 13.0. The lowest BCUT2D eigenvalue weighted by Crippen LogP contribution is -2.33. The Hall–Kier alpha value is -2.92. The van der Waals surface area contributed by atoms with Crippen molar-refractivity contribution in [1.29, 1.82) is 0 Å². The Bertz CT molecular complexity index is 784. The van der Waals surface area contributed by atoms with E-state index in [1.165, 1.54) is 12.7 Å². The van der Waals surface area contributed by atoms with Crippen LogP contribution in [0, 0.1) is 6.92 Å². The molecule has 2 rings (SSSR count). The van der Waals surface area contributed by atoms with Crippen LogP contribution < -0.4 is 10.2 Å². The van der Waals surface area contributed by atoms with E-state index in [-0.39, 0.29) is 24.8 Å². The average molecular weight is 366 g/mol. The highest BCUT2D eigenvalue weighted by Crippen LogP contribution is 2.20. The van der Waals surface area contributed by atoms with E-state index in [0.29, 0.717) is 13.1 Å². The predicted octanol–water partition coefficient (Wildman–Crippen LogP) is 3.02. The highest BCUT2D eigenvalue weighted by atomic mass is 16.5. The van der Waals surface area contributed by atoms with Crippen molar-refractivity contribution in [3.63, 3.8) is 0 Å². The number of rotatable bonds is 9. The number of nitrogens with one attached hydrogen (secondary N) is 1.